The first-order valence-corrected chi connectivity index (χ1v) is 12.4. The Kier molecular flexibility index (Phi) is 9.16. The SMILES string of the molecule is CO[C@H]1O[C@H](COCc2ccccc2)[C@@H](OCc2ccccc2)[C@@H](Sc2ccc(C)cc2)[C@@H]1O. The molecule has 0 aromatic heterocycles. The van der Waals surface area contributed by atoms with Crippen LogP contribution in [0.5, 0.6) is 0 Å². The third kappa shape index (κ3) is 6.69. The van der Waals surface area contributed by atoms with Crippen molar-refractivity contribution in [1.29, 1.82) is 0 Å². The van der Waals surface area contributed by atoms with E-state index in [0.29, 0.717) is 19.8 Å². The Morgan fingerprint density at radius 1 is 0.853 bits per heavy atom. The first-order chi connectivity index (χ1) is 16.6. The molecule has 0 spiro atoms. The van der Waals surface area contributed by atoms with Crippen LogP contribution in [0.15, 0.2) is 89.8 Å². The van der Waals surface area contributed by atoms with Crippen LogP contribution in [-0.4, -0.2) is 48.7 Å². The van der Waals surface area contributed by atoms with E-state index in [1.807, 2.05) is 60.7 Å². The number of methoxy groups -OCH3 is 1. The molecule has 5 atom stereocenters. The van der Waals surface area contributed by atoms with Gasteiger partial charge in [-0.2, -0.15) is 0 Å². The standard InChI is InChI=1S/C28H32O5S/c1-20-13-15-23(16-14-20)34-27-25(29)28(30-2)33-24(19-31-17-21-9-5-3-6-10-21)26(27)32-18-22-11-7-4-8-12-22/h3-16,24-29H,17-19H2,1-2H3/t24-,25+,26-,27+,28+/m1/s1. The molecule has 0 bridgehead atoms. The third-order valence-corrected chi connectivity index (χ3v) is 7.18. The summed E-state index contributed by atoms with van der Waals surface area (Å²) < 4.78 is 24.1. The Balaban J connectivity index is 1.53. The van der Waals surface area contributed by atoms with E-state index in [1.54, 1.807) is 18.9 Å². The molecule has 1 saturated heterocycles. The van der Waals surface area contributed by atoms with Crippen LogP contribution in [0.25, 0.3) is 0 Å². The minimum atomic E-state index is -0.859. The Labute approximate surface area is 206 Å². The Morgan fingerprint density at radius 2 is 1.47 bits per heavy atom. The summed E-state index contributed by atoms with van der Waals surface area (Å²) in [5, 5.41) is 10.8. The van der Waals surface area contributed by atoms with Crippen molar-refractivity contribution in [3.63, 3.8) is 0 Å². The zero-order valence-corrected chi connectivity index (χ0v) is 20.4. The minimum Gasteiger partial charge on any atom is -0.387 e. The normalized spacial score (nSPS) is 24.7. The van der Waals surface area contributed by atoms with E-state index in [9.17, 15) is 5.11 Å². The van der Waals surface area contributed by atoms with Crippen LogP contribution in [0.4, 0.5) is 0 Å². The molecular weight excluding hydrogens is 448 g/mol. The monoisotopic (exact) mass is 480 g/mol. The highest BCUT2D eigenvalue weighted by Crippen LogP contribution is 2.37. The molecule has 1 fully saturated rings. The van der Waals surface area contributed by atoms with Crippen LogP contribution in [0.1, 0.15) is 16.7 Å². The number of hydrogen-bond acceptors (Lipinski definition) is 6. The van der Waals surface area contributed by atoms with E-state index in [0.717, 1.165) is 16.0 Å². The maximum absolute atomic E-state index is 11.1. The van der Waals surface area contributed by atoms with Gasteiger partial charge in [0.25, 0.3) is 0 Å². The van der Waals surface area contributed by atoms with Crippen molar-refractivity contribution < 1.29 is 24.1 Å². The lowest BCUT2D eigenvalue weighted by atomic mass is 10.0. The molecule has 34 heavy (non-hydrogen) atoms. The first-order valence-electron chi connectivity index (χ1n) is 11.5. The van der Waals surface area contributed by atoms with Crippen molar-refractivity contribution >= 4 is 11.8 Å². The van der Waals surface area contributed by atoms with Gasteiger partial charge in [0.05, 0.1) is 25.1 Å². The molecule has 1 N–H and O–H groups in total. The van der Waals surface area contributed by atoms with Gasteiger partial charge < -0.3 is 24.1 Å². The Morgan fingerprint density at radius 3 is 2.09 bits per heavy atom. The molecule has 180 valence electrons. The number of aryl methyl sites for hydroxylation is 1. The molecule has 3 aromatic rings. The predicted molar refractivity (Wildman–Crippen MR) is 134 cm³/mol. The van der Waals surface area contributed by atoms with Gasteiger partial charge in [0, 0.05) is 12.0 Å². The molecule has 0 unspecified atom stereocenters. The smallest absolute Gasteiger partial charge is 0.184 e. The fourth-order valence-electron chi connectivity index (χ4n) is 3.97. The second-order valence-corrected chi connectivity index (χ2v) is 9.68. The molecule has 0 radical (unpaired) electrons. The van der Waals surface area contributed by atoms with Crippen molar-refractivity contribution in [1.82, 2.24) is 0 Å². The van der Waals surface area contributed by atoms with E-state index in [2.05, 4.69) is 31.2 Å². The molecule has 5 nitrogen and oxygen atoms in total. The van der Waals surface area contributed by atoms with Gasteiger partial charge in [0.2, 0.25) is 0 Å². The molecular formula is C28H32O5S. The van der Waals surface area contributed by atoms with Gasteiger partial charge in [-0.25, -0.2) is 0 Å². The molecule has 4 rings (SSSR count). The lowest BCUT2D eigenvalue weighted by Crippen LogP contribution is -2.58. The fourth-order valence-corrected chi connectivity index (χ4v) is 5.23. The van der Waals surface area contributed by atoms with E-state index in [-0.39, 0.29) is 5.25 Å². The van der Waals surface area contributed by atoms with Crippen molar-refractivity contribution in [2.45, 2.75) is 54.9 Å². The number of ether oxygens (including phenoxy) is 4. The average molecular weight is 481 g/mol. The van der Waals surface area contributed by atoms with Gasteiger partial charge in [0.1, 0.15) is 18.3 Å². The van der Waals surface area contributed by atoms with Crippen molar-refractivity contribution in [2.24, 2.45) is 0 Å². The average Bonchev–Trinajstić information content (AvgIpc) is 2.87. The van der Waals surface area contributed by atoms with Crippen LogP contribution >= 0.6 is 11.8 Å². The number of thioether (sulfide) groups is 1. The number of hydrogen-bond donors (Lipinski definition) is 1. The van der Waals surface area contributed by atoms with Crippen LogP contribution in [0.2, 0.25) is 0 Å². The van der Waals surface area contributed by atoms with Crippen LogP contribution in [0.3, 0.4) is 0 Å². The number of benzene rings is 3. The van der Waals surface area contributed by atoms with Gasteiger partial charge >= 0.3 is 0 Å². The highest BCUT2D eigenvalue weighted by atomic mass is 32.2. The van der Waals surface area contributed by atoms with Gasteiger partial charge in [0.15, 0.2) is 6.29 Å². The summed E-state index contributed by atoms with van der Waals surface area (Å²) in [5.41, 5.74) is 3.35. The molecule has 0 aliphatic carbocycles. The van der Waals surface area contributed by atoms with E-state index < -0.39 is 24.6 Å². The Hall–Kier alpha value is -2.19. The summed E-state index contributed by atoms with van der Waals surface area (Å²) in [6.07, 6.45) is -2.42. The highest BCUT2D eigenvalue weighted by Gasteiger charge is 2.47. The van der Waals surface area contributed by atoms with Gasteiger partial charge in [-0.3, -0.25) is 0 Å². The fraction of sp³-hybridized carbons (Fsp3) is 0.357. The molecule has 6 heteroatoms. The topological polar surface area (TPSA) is 57.2 Å². The molecule has 0 saturated carbocycles. The minimum absolute atomic E-state index is 0.296. The molecule has 3 aromatic carbocycles. The van der Waals surface area contributed by atoms with E-state index >= 15 is 0 Å². The quantitative estimate of drug-likeness (QED) is 0.441. The van der Waals surface area contributed by atoms with Gasteiger partial charge in [-0.05, 0) is 30.2 Å². The molecule has 0 amide bonds. The lowest BCUT2D eigenvalue weighted by Gasteiger charge is -2.43. The zero-order chi connectivity index (χ0) is 23.8. The van der Waals surface area contributed by atoms with Gasteiger partial charge in [-0.15, -0.1) is 11.8 Å². The molecule has 1 heterocycles. The van der Waals surface area contributed by atoms with E-state index in [4.69, 9.17) is 18.9 Å². The van der Waals surface area contributed by atoms with Crippen LogP contribution in [0, 0.1) is 6.92 Å². The summed E-state index contributed by atoms with van der Waals surface area (Å²) in [5.74, 6) is 0. The molecule has 1 aliphatic heterocycles. The lowest BCUT2D eigenvalue weighted by molar-refractivity contribution is -0.269. The summed E-state index contributed by atoms with van der Waals surface area (Å²) >= 11 is 1.59. The summed E-state index contributed by atoms with van der Waals surface area (Å²) in [6.45, 7) is 3.28. The summed E-state index contributed by atoms with van der Waals surface area (Å²) in [7, 11) is 1.55. The molecule has 1 aliphatic rings. The predicted octanol–water partition coefficient (Wildman–Crippen LogP) is 4.99. The van der Waals surface area contributed by atoms with E-state index in [1.165, 1.54) is 5.56 Å². The zero-order valence-electron chi connectivity index (χ0n) is 19.6. The van der Waals surface area contributed by atoms with Crippen molar-refractivity contribution in [2.75, 3.05) is 13.7 Å². The van der Waals surface area contributed by atoms with Crippen LogP contribution in [-0.2, 0) is 32.2 Å². The largest absolute Gasteiger partial charge is 0.387 e. The van der Waals surface area contributed by atoms with Crippen molar-refractivity contribution in [3.05, 3.63) is 102 Å². The highest BCUT2D eigenvalue weighted by molar-refractivity contribution is 8.00. The maximum Gasteiger partial charge on any atom is 0.184 e. The summed E-state index contributed by atoms with van der Waals surface area (Å²) in [6, 6.07) is 28.3. The van der Waals surface area contributed by atoms with Crippen LogP contribution < -0.4 is 0 Å². The second-order valence-electron chi connectivity index (χ2n) is 8.43. The number of aliphatic hydroxyl groups excluding tert-OH is 1. The van der Waals surface area contributed by atoms with Gasteiger partial charge in [-0.1, -0.05) is 78.4 Å². The first kappa shape index (κ1) is 24.9. The number of rotatable bonds is 10. The number of aliphatic hydroxyl groups is 1. The summed E-state index contributed by atoms with van der Waals surface area (Å²) in [4.78, 5) is 1.06. The third-order valence-electron chi connectivity index (χ3n) is 5.82. The second kappa shape index (κ2) is 12.5. The Bertz CT molecular complexity index is 983. The van der Waals surface area contributed by atoms with Crippen molar-refractivity contribution in [3.8, 4) is 0 Å². The maximum atomic E-state index is 11.1.